The van der Waals surface area contributed by atoms with Crippen LogP contribution < -0.4 is 20.1 Å². The fourth-order valence-corrected chi connectivity index (χ4v) is 1.75. The van der Waals surface area contributed by atoms with Gasteiger partial charge in [0.1, 0.15) is 11.5 Å². The van der Waals surface area contributed by atoms with Gasteiger partial charge in [-0.05, 0) is 37.1 Å². The number of hydrogen-bond acceptors (Lipinski definition) is 3. The second-order valence-electron chi connectivity index (χ2n) is 4.66. The molecule has 126 valence electrons. The zero-order valence-electron chi connectivity index (χ0n) is 13.7. The highest BCUT2D eigenvalue weighted by molar-refractivity contribution is 14.0. The molecule has 0 spiro atoms. The van der Waals surface area contributed by atoms with Gasteiger partial charge in [0.15, 0.2) is 5.96 Å². The Morgan fingerprint density at radius 1 is 1.05 bits per heavy atom. The van der Waals surface area contributed by atoms with E-state index in [1.807, 2.05) is 24.3 Å². The van der Waals surface area contributed by atoms with Crippen molar-refractivity contribution in [1.82, 2.24) is 10.6 Å². The molecule has 0 radical (unpaired) electrons. The first kappa shape index (κ1) is 20.8. The van der Waals surface area contributed by atoms with Gasteiger partial charge in [0, 0.05) is 20.1 Å². The van der Waals surface area contributed by atoms with E-state index in [4.69, 9.17) is 9.47 Å². The molecule has 0 aliphatic heterocycles. The van der Waals surface area contributed by atoms with Crippen LogP contribution in [0, 0.1) is 0 Å². The Balaban J connectivity index is 0.00000441. The standard InChI is InChI=1S/C16H27N3O2.HI/c1-4-5-11-18-16(17-2)19-12-6-13-21-15-9-7-14(20-3)8-10-15;/h7-10H,4-6,11-13H2,1-3H3,(H2,17,18,19);1H. The average molecular weight is 421 g/mol. The van der Waals surface area contributed by atoms with Crippen molar-refractivity contribution in [3.05, 3.63) is 24.3 Å². The summed E-state index contributed by atoms with van der Waals surface area (Å²) in [5, 5.41) is 6.55. The van der Waals surface area contributed by atoms with Gasteiger partial charge in [-0.2, -0.15) is 0 Å². The van der Waals surface area contributed by atoms with E-state index in [1.54, 1.807) is 14.2 Å². The predicted molar refractivity (Wildman–Crippen MR) is 103 cm³/mol. The summed E-state index contributed by atoms with van der Waals surface area (Å²) in [7, 11) is 3.44. The van der Waals surface area contributed by atoms with Crippen LogP contribution in [0.15, 0.2) is 29.3 Å². The van der Waals surface area contributed by atoms with Gasteiger partial charge in [0.25, 0.3) is 0 Å². The third-order valence-electron chi connectivity index (χ3n) is 2.99. The first-order chi connectivity index (χ1) is 10.3. The van der Waals surface area contributed by atoms with Crippen molar-refractivity contribution < 1.29 is 9.47 Å². The summed E-state index contributed by atoms with van der Waals surface area (Å²) in [5.41, 5.74) is 0. The van der Waals surface area contributed by atoms with Crippen LogP contribution in [0.4, 0.5) is 0 Å². The lowest BCUT2D eigenvalue weighted by atomic mass is 10.3. The Morgan fingerprint density at radius 3 is 2.18 bits per heavy atom. The van der Waals surface area contributed by atoms with E-state index >= 15 is 0 Å². The predicted octanol–water partition coefficient (Wildman–Crippen LogP) is 3.05. The number of guanidine groups is 1. The van der Waals surface area contributed by atoms with E-state index in [2.05, 4.69) is 22.5 Å². The SMILES string of the molecule is CCCCNC(=NC)NCCCOc1ccc(OC)cc1.I. The Bertz CT molecular complexity index is 410. The summed E-state index contributed by atoms with van der Waals surface area (Å²) in [6.45, 7) is 4.64. The minimum atomic E-state index is 0. The quantitative estimate of drug-likeness (QED) is 0.279. The molecule has 6 heteroatoms. The summed E-state index contributed by atoms with van der Waals surface area (Å²) >= 11 is 0. The highest BCUT2D eigenvalue weighted by Crippen LogP contribution is 2.16. The second kappa shape index (κ2) is 13.5. The van der Waals surface area contributed by atoms with Crippen LogP contribution in [0.5, 0.6) is 11.5 Å². The fourth-order valence-electron chi connectivity index (χ4n) is 1.75. The monoisotopic (exact) mass is 421 g/mol. The van der Waals surface area contributed by atoms with Crippen molar-refractivity contribution in [2.75, 3.05) is 33.9 Å². The molecule has 22 heavy (non-hydrogen) atoms. The van der Waals surface area contributed by atoms with Crippen LogP contribution in [-0.4, -0.2) is 39.8 Å². The molecule has 0 fully saturated rings. The fraction of sp³-hybridized carbons (Fsp3) is 0.562. The molecule has 1 aromatic rings. The number of unbranched alkanes of at least 4 members (excludes halogenated alkanes) is 1. The number of aliphatic imine (C=N–C) groups is 1. The molecule has 0 bridgehead atoms. The third kappa shape index (κ3) is 8.96. The summed E-state index contributed by atoms with van der Waals surface area (Å²) in [4.78, 5) is 4.17. The van der Waals surface area contributed by atoms with Crippen LogP contribution >= 0.6 is 24.0 Å². The maximum atomic E-state index is 5.66. The molecule has 1 aromatic carbocycles. The van der Waals surface area contributed by atoms with Gasteiger partial charge < -0.3 is 20.1 Å². The molecule has 0 aromatic heterocycles. The number of nitrogens with zero attached hydrogens (tertiary/aromatic N) is 1. The van der Waals surface area contributed by atoms with E-state index in [1.165, 1.54) is 6.42 Å². The molecule has 0 unspecified atom stereocenters. The highest BCUT2D eigenvalue weighted by Gasteiger charge is 1.97. The van der Waals surface area contributed by atoms with Gasteiger partial charge in [-0.1, -0.05) is 13.3 Å². The van der Waals surface area contributed by atoms with E-state index in [-0.39, 0.29) is 24.0 Å². The van der Waals surface area contributed by atoms with Gasteiger partial charge in [-0.3, -0.25) is 4.99 Å². The maximum Gasteiger partial charge on any atom is 0.190 e. The number of rotatable bonds is 9. The smallest absolute Gasteiger partial charge is 0.190 e. The number of nitrogens with one attached hydrogen (secondary N) is 2. The average Bonchev–Trinajstić information content (AvgIpc) is 2.53. The zero-order chi connectivity index (χ0) is 15.3. The first-order valence-corrected chi connectivity index (χ1v) is 7.51. The highest BCUT2D eigenvalue weighted by atomic mass is 127. The molecular formula is C16H28IN3O2. The summed E-state index contributed by atoms with van der Waals surface area (Å²) in [6, 6.07) is 7.62. The molecule has 0 saturated heterocycles. The van der Waals surface area contributed by atoms with Crippen molar-refractivity contribution in [2.24, 2.45) is 4.99 Å². The molecule has 1 rings (SSSR count). The van der Waals surface area contributed by atoms with Crippen molar-refractivity contribution in [2.45, 2.75) is 26.2 Å². The molecule has 0 aliphatic rings. The number of methoxy groups -OCH3 is 1. The number of hydrogen-bond donors (Lipinski definition) is 2. The van der Waals surface area contributed by atoms with Gasteiger partial charge in [0.05, 0.1) is 13.7 Å². The van der Waals surface area contributed by atoms with Crippen LogP contribution in [-0.2, 0) is 0 Å². The minimum Gasteiger partial charge on any atom is -0.497 e. The van der Waals surface area contributed by atoms with E-state index < -0.39 is 0 Å². The minimum absolute atomic E-state index is 0. The van der Waals surface area contributed by atoms with Gasteiger partial charge in [-0.25, -0.2) is 0 Å². The lowest BCUT2D eigenvalue weighted by Gasteiger charge is -2.12. The topological polar surface area (TPSA) is 54.9 Å². The number of benzene rings is 1. The van der Waals surface area contributed by atoms with Crippen molar-refractivity contribution in [3.8, 4) is 11.5 Å². The summed E-state index contributed by atoms with van der Waals surface area (Å²) in [6.07, 6.45) is 3.25. The van der Waals surface area contributed by atoms with Crippen LogP contribution in [0.3, 0.4) is 0 Å². The Labute approximate surface area is 150 Å². The van der Waals surface area contributed by atoms with Crippen molar-refractivity contribution >= 4 is 29.9 Å². The largest absolute Gasteiger partial charge is 0.497 e. The number of ether oxygens (including phenoxy) is 2. The van der Waals surface area contributed by atoms with Gasteiger partial charge in [-0.15, -0.1) is 24.0 Å². The van der Waals surface area contributed by atoms with E-state index in [0.29, 0.717) is 6.61 Å². The Hall–Kier alpha value is -1.18. The van der Waals surface area contributed by atoms with Gasteiger partial charge >= 0.3 is 0 Å². The molecule has 0 heterocycles. The molecule has 0 saturated carbocycles. The number of halogens is 1. The Kier molecular flexibility index (Phi) is 12.8. The van der Waals surface area contributed by atoms with E-state index in [9.17, 15) is 0 Å². The lowest BCUT2D eigenvalue weighted by Crippen LogP contribution is -2.38. The van der Waals surface area contributed by atoms with Gasteiger partial charge in [0.2, 0.25) is 0 Å². The van der Waals surface area contributed by atoms with Crippen molar-refractivity contribution in [3.63, 3.8) is 0 Å². The molecular weight excluding hydrogens is 393 g/mol. The van der Waals surface area contributed by atoms with Crippen LogP contribution in [0.1, 0.15) is 26.2 Å². The summed E-state index contributed by atoms with van der Waals surface area (Å²) < 4.78 is 10.8. The zero-order valence-corrected chi connectivity index (χ0v) is 16.1. The van der Waals surface area contributed by atoms with Crippen LogP contribution in [0.2, 0.25) is 0 Å². The molecule has 5 nitrogen and oxygen atoms in total. The molecule has 0 amide bonds. The second-order valence-corrected chi connectivity index (χ2v) is 4.66. The summed E-state index contributed by atoms with van der Waals surface area (Å²) in [5.74, 6) is 2.56. The van der Waals surface area contributed by atoms with E-state index in [0.717, 1.165) is 43.4 Å². The third-order valence-corrected chi connectivity index (χ3v) is 2.99. The maximum absolute atomic E-state index is 5.66. The Morgan fingerprint density at radius 2 is 1.64 bits per heavy atom. The molecule has 2 N–H and O–H groups in total. The molecule has 0 atom stereocenters. The lowest BCUT2D eigenvalue weighted by molar-refractivity contribution is 0.310. The van der Waals surface area contributed by atoms with Crippen molar-refractivity contribution in [1.29, 1.82) is 0 Å². The molecule has 0 aliphatic carbocycles. The first-order valence-electron chi connectivity index (χ1n) is 7.51. The van der Waals surface area contributed by atoms with Crippen LogP contribution in [0.25, 0.3) is 0 Å². The normalized spacial score (nSPS) is 10.6.